The van der Waals surface area contributed by atoms with E-state index in [9.17, 15) is 5.11 Å². The minimum atomic E-state index is 0.185. The Morgan fingerprint density at radius 1 is 1.05 bits per heavy atom. The first-order chi connectivity index (χ1) is 10.2. The van der Waals surface area contributed by atoms with E-state index in [4.69, 9.17) is 9.26 Å². The van der Waals surface area contributed by atoms with E-state index in [1.165, 1.54) is 0 Å². The van der Waals surface area contributed by atoms with Gasteiger partial charge in [-0.1, -0.05) is 28.9 Å². The van der Waals surface area contributed by atoms with Gasteiger partial charge in [-0.25, -0.2) is 0 Å². The van der Waals surface area contributed by atoms with E-state index in [-0.39, 0.29) is 5.75 Å². The largest absolute Gasteiger partial charge is 0.507 e. The van der Waals surface area contributed by atoms with Crippen LogP contribution in [0.2, 0.25) is 0 Å². The molecular formula is C17H15NO3. The van der Waals surface area contributed by atoms with E-state index in [1.807, 2.05) is 43.3 Å². The topological polar surface area (TPSA) is 55.5 Å². The molecule has 0 bridgehead atoms. The van der Waals surface area contributed by atoms with Gasteiger partial charge in [0.05, 0.1) is 7.11 Å². The molecule has 0 saturated carbocycles. The summed E-state index contributed by atoms with van der Waals surface area (Å²) >= 11 is 0. The highest BCUT2D eigenvalue weighted by Crippen LogP contribution is 2.36. The van der Waals surface area contributed by atoms with Crippen LogP contribution in [-0.2, 0) is 0 Å². The van der Waals surface area contributed by atoms with Gasteiger partial charge in [0, 0.05) is 11.1 Å². The number of hydrogen-bond acceptors (Lipinski definition) is 4. The molecule has 0 unspecified atom stereocenters. The molecule has 3 aromatic rings. The zero-order valence-corrected chi connectivity index (χ0v) is 11.8. The average Bonchev–Trinajstić information content (AvgIpc) is 2.99. The lowest BCUT2D eigenvalue weighted by Crippen LogP contribution is -1.86. The summed E-state index contributed by atoms with van der Waals surface area (Å²) in [7, 11) is 1.63. The Bertz CT molecular complexity index is 760. The molecule has 0 aliphatic heterocycles. The van der Waals surface area contributed by atoms with Crippen LogP contribution in [0.5, 0.6) is 11.5 Å². The number of phenolic OH excluding ortho intramolecular Hbond substituents is 1. The van der Waals surface area contributed by atoms with Gasteiger partial charge in [0.15, 0.2) is 0 Å². The Labute approximate surface area is 122 Å². The highest BCUT2D eigenvalue weighted by Gasteiger charge is 2.15. The molecular weight excluding hydrogens is 266 g/mol. The molecule has 0 aliphatic rings. The standard InChI is InChI=1S/C17H15NO3/c1-11-3-8-16(19)14(9-11)17-15(10-21-18-17)12-4-6-13(20-2)7-5-12/h3-10,19H,1-2H3. The van der Waals surface area contributed by atoms with E-state index in [1.54, 1.807) is 19.4 Å². The van der Waals surface area contributed by atoms with Gasteiger partial charge in [-0.3, -0.25) is 0 Å². The number of hydrogen-bond donors (Lipinski definition) is 1. The second kappa shape index (κ2) is 5.32. The highest BCUT2D eigenvalue weighted by molar-refractivity contribution is 5.82. The minimum Gasteiger partial charge on any atom is -0.507 e. The van der Waals surface area contributed by atoms with Gasteiger partial charge in [0.25, 0.3) is 0 Å². The molecule has 0 amide bonds. The van der Waals surface area contributed by atoms with Gasteiger partial charge >= 0.3 is 0 Å². The van der Waals surface area contributed by atoms with Crippen molar-refractivity contribution in [3.63, 3.8) is 0 Å². The van der Waals surface area contributed by atoms with Crippen LogP contribution in [0, 0.1) is 6.92 Å². The predicted octanol–water partition coefficient (Wildman–Crippen LogP) is 4.03. The summed E-state index contributed by atoms with van der Waals surface area (Å²) in [5, 5.41) is 14.1. The summed E-state index contributed by atoms with van der Waals surface area (Å²) in [6.45, 7) is 1.97. The fraction of sp³-hybridized carbons (Fsp3) is 0.118. The van der Waals surface area contributed by atoms with E-state index < -0.39 is 0 Å². The molecule has 0 atom stereocenters. The summed E-state index contributed by atoms with van der Waals surface area (Å²) in [6, 6.07) is 13.0. The normalized spacial score (nSPS) is 10.6. The van der Waals surface area contributed by atoms with Gasteiger partial charge in [0.1, 0.15) is 23.5 Å². The lowest BCUT2D eigenvalue weighted by Gasteiger charge is -2.06. The maximum absolute atomic E-state index is 10.1. The Morgan fingerprint density at radius 3 is 2.52 bits per heavy atom. The molecule has 0 radical (unpaired) electrons. The van der Waals surface area contributed by atoms with Crippen molar-refractivity contribution in [2.45, 2.75) is 6.92 Å². The van der Waals surface area contributed by atoms with Crippen LogP contribution in [0.15, 0.2) is 53.3 Å². The quantitative estimate of drug-likeness (QED) is 0.787. The summed E-state index contributed by atoms with van der Waals surface area (Å²) in [5.41, 5.74) is 4.12. The van der Waals surface area contributed by atoms with Crippen molar-refractivity contribution in [2.24, 2.45) is 0 Å². The number of aromatic nitrogens is 1. The summed E-state index contributed by atoms with van der Waals surface area (Å²) in [4.78, 5) is 0. The SMILES string of the molecule is COc1ccc(-c2conc2-c2cc(C)ccc2O)cc1. The average molecular weight is 281 g/mol. The number of nitrogens with zero attached hydrogens (tertiary/aromatic N) is 1. The van der Waals surface area contributed by atoms with Crippen LogP contribution < -0.4 is 4.74 Å². The number of methoxy groups -OCH3 is 1. The van der Waals surface area contributed by atoms with Gasteiger partial charge in [0.2, 0.25) is 0 Å². The third-order valence-corrected chi connectivity index (χ3v) is 3.38. The lowest BCUT2D eigenvalue weighted by molar-refractivity contribution is 0.415. The number of phenols is 1. The molecule has 0 aliphatic carbocycles. The minimum absolute atomic E-state index is 0.185. The Hall–Kier alpha value is -2.75. The van der Waals surface area contributed by atoms with Gasteiger partial charge in [-0.05, 0) is 36.8 Å². The molecule has 4 heteroatoms. The van der Waals surface area contributed by atoms with E-state index in [2.05, 4.69) is 5.16 Å². The van der Waals surface area contributed by atoms with Crippen LogP contribution in [-0.4, -0.2) is 17.4 Å². The number of ether oxygens (including phenoxy) is 1. The Balaban J connectivity index is 2.10. The molecule has 1 heterocycles. The molecule has 4 nitrogen and oxygen atoms in total. The van der Waals surface area contributed by atoms with Crippen LogP contribution >= 0.6 is 0 Å². The second-order valence-electron chi connectivity index (χ2n) is 4.83. The zero-order valence-electron chi connectivity index (χ0n) is 11.8. The van der Waals surface area contributed by atoms with Crippen molar-refractivity contribution in [1.29, 1.82) is 0 Å². The van der Waals surface area contributed by atoms with Crippen molar-refractivity contribution in [1.82, 2.24) is 5.16 Å². The van der Waals surface area contributed by atoms with Crippen LogP contribution in [0.1, 0.15) is 5.56 Å². The van der Waals surface area contributed by atoms with Gasteiger partial charge in [-0.15, -0.1) is 0 Å². The number of benzene rings is 2. The lowest BCUT2D eigenvalue weighted by atomic mass is 10.00. The highest BCUT2D eigenvalue weighted by atomic mass is 16.5. The van der Waals surface area contributed by atoms with Crippen molar-refractivity contribution in [2.75, 3.05) is 7.11 Å². The van der Waals surface area contributed by atoms with Crippen molar-refractivity contribution in [3.05, 3.63) is 54.3 Å². The third-order valence-electron chi connectivity index (χ3n) is 3.38. The van der Waals surface area contributed by atoms with E-state index >= 15 is 0 Å². The summed E-state index contributed by atoms with van der Waals surface area (Å²) in [5.74, 6) is 0.972. The third kappa shape index (κ3) is 2.48. The first-order valence-electron chi connectivity index (χ1n) is 6.58. The number of aromatic hydroxyl groups is 1. The fourth-order valence-electron chi connectivity index (χ4n) is 2.25. The fourth-order valence-corrected chi connectivity index (χ4v) is 2.25. The van der Waals surface area contributed by atoms with E-state index in [0.717, 1.165) is 22.4 Å². The number of aryl methyl sites for hydroxylation is 1. The smallest absolute Gasteiger partial charge is 0.132 e. The van der Waals surface area contributed by atoms with Gasteiger partial charge < -0.3 is 14.4 Å². The predicted molar refractivity (Wildman–Crippen MR) is 80.3 cm³/mol. The molecule has 0 saturated heterocycles. The van der Waals surface area contributed by atoms with Crippen molar-refractivity contribution >= 4 is 0 Å². The molecule has 3 rings (SSSR count). The number of rotatable bonds is 3. The van der Waals surface area contributed by atoms with Gasteiger partial charge in [-0.2, -0.15) is 0 Å². The molecule has 0 spiro atoms. The summed E-state index contributed by atoms with van der Waals surface area (Å²) in [6.07, 6.45) is 1.58. The molecule has 2 aromatic carbocycles. The first kappa shape index (κ1) is 13.2. The molecule has 21 heavy (non-hydrogen) atoms. The first-order valence-corrected chi connectivity index (χ1v) is 6.58. The Kier molecular flexibility index (Phi) is 3.36. The van der Waals surface area contributed by atoms with Crippen molar-refractivity contribution < 1.29 is 14.4 Å². The second-order valence-corrected chi connectivity index (χ2v) is 4.83. The maximum atomic E-state index is 10.1. The van der Waals surface area contributed by atoms with Crippen LogP contribution in [0.3, 0.4) is 0 Å². The molecule has 106 valence electrons. The Morgan fingerprint density at radius 2 is 1.81 bits per heavy atom. The molecule has 0 fully saturated rings. The van der Waals surface area contributed by atoms with Crippen LogP contribution in [0.4, 0.5) is 0 Å². The molecule has 1 aromatic heterocycles. The van der Waals surface area contributed by atoms with Crippen LogP contribution in [0.25, 0.3) is 22.4 Å². The zero-order chi connectivity index (χ0) is 14.8. The molecule has 1 N–H and O–H groups in total. The monoisotopic (exact) mass is 281 g/mol. The van der Waals surface area contributed by atoms with E-state index in [0.29, 0.717) is 11.3 Å². The maximum Gasteiger partial charge on any atom is 0.132 e. The summed E-state index contributed by atoms with van der Waals surface area (Å²) < 4.78 is 10.3. The van der Waals surface area contributed by atoms with Crippen molar-refractivity contribution in [3.8, 4) is 33.9 Å².